The molecule has 0 aromatic carbocycles. The second kappa shape index (κ2) is 27.1. The van der Waals surface area contributed by atoms with E-state index in [9.17, 15) is 30.3 Å². The van der Waals surface area contributed by atoms with E-state index in [1.807, 2.05) is 6.08 Å². The Balaban J connectivity index is 2.05. The lowest BCUT2D eigenvalue weighted by atomic mass is 9.99. The number of hydrogen-bond acceptors (Lipinski definition) is 8. The molecule has 0 aliphatic carbocycles. The number of amides is 1. The van der Waals surface area contributed by atoms with Crippen LogP contribution < -0.4 is 5.32 Å². The summed E-state index contributed by atoms with van der Waals surface area (Å²) in [7, 11) is 0. The van der Waals surface area contributed by atoms with Crippen LogP contribution in [-0.2, 0) is 14.3 Å². The van der Waals surface area contributed by atoms with Crippen LogP contribution in [0.1, 0.15) is 149 Å². The highest BCUT2D eigenvalue weighted by atomic mass is 16.7. The molecule has 1 aliphatic heterocycles. The first kappa shape index (κ1) is 41.0. The van der Waals surface area contributed by atoms with E-state index < -0.39 is 49.5 Å². The fourth-order valence-corrected chi connectivity index (χ4v) is 5.78. The second-order valence-electron chi connectivity index (χ2n) is 12.8. The summed E-state index contributed by atoms with van der Waals surface area (Å²) in [5.74, 6) is -0.353. The van der Waals surface area contributed by atoms with Gasteiger partial charge in [-0.05, 0) is 12.8 Å². The molecule has 44 heavy (non-hydrogen) atoms. The predicted octanol–water partition coefficient (Wildman–Crippen LogP) is 5.44. The molecule has 1 heterocycles. The van der Waals surface area contributed by atoms with Crippen LogP contribution in [0.25, 0.3) is 0 Å². The molecule has 1 aliphatic rings. The first-order valence-electron chi connectivity index (χ1n) is 17.9. The van der Waals surface area contributed by atoms with Gasteiger partial charge in [0.25, 0.3) is 0 Å². The number of aliphatic hydroxyl groups excluding tert-OH is 5. The minimum absolute atomic E-state index is 0.201. The molecule has 0 radical (unpaired) electrons. The van der Waals surface area contributed by atoms with E-state index in [0.717, 1.165) is 19.3 Å². The molecular formula is C35H67NO8. The maximum atomic E-state index is 11.7. The van der Waals surface area contributed by atoms with Crippen LogP contribution >= 0.6 is 0 Å². The van der Waals surface area contributed by atoms with Gasteiger partial charge in [-0.2, -0.15) is 0 Å². The summed E-state index contributed by atoms with van der Waals surface area (Å²) in [6.45, 7) is 2.84. The Labute approximate surface area is 267 Å². The molecule has 0 saturated carbocycles. The highest BCUT2D eigenvalue weighted by molar-refractivity contribution is 5.73. The van der Waals surface area contributed by atoms with Crippen molar-refractivity contribution in [2.75, 3.05) is 13.2 Å². The Morgan fingerprint density at radius 3 is 1.64 bits per heavy atom. The smallest absolute Gasteiger partial charge is 0.217 e. The number of hydrogen-bond donors (Lipinski definition) is 6. The number of ether oxygens (including phenoxy) is 2. The summed E-state index contributed by atoms with van der Waals surface area (Å²) in [5, 5.41) is 52.5. The van der Waals surface area contributed by atoms with Gasteiger partial charge in [-0.25, -0.2) is 0 Å². The van der Waals surface area contributed by atoms with Gasteiger partial charge in [0.15, 0.2) is 6.29 Å². The molecule has 0 aromatic rings. The largest absolute Gasteiger partial charge is 0.394 e. The second-order valence-corrected chi connectivity index (χ2v) is 12.8. The number of nitrogens with one attached hydrogen (secondary N) is 1. The van der Waals surface area contributed by atoms with Crippen molar-refractivity contribution in [3.63, 3.8) is 0 Å². The minimum Gasteiger partial charge on any atom is -0.394 e. The molecule has 1 saturated heterocycles. The predicted molar refractivity (Wildman–Crippen MR) is 175 cm³/mol. The van der Waals surface area contributed by atoms with Crippen LogP contribution in [0.2, 0.25) is 0 Å². The third-order valence-corrected chi connectivity index (χ3v) is 8.65. The summed E-state index contributed by atoms with van der Waals surface area (Å²) >= 11 is 0. The van der Waals surface area contributed by atoms with Gasteiger partial charge in [0.2, 0.25) is 5.91 Å². The third-order valence-electron chi connectivity index (χ3n) is 8.65. The van der Waals surface area contributed by atoms with Crippen molar-refractivity contribution in [2.24, 2.45) is 0 Å². The molecule has 9 heteroatoms. The van der Waals surface area contributed by atoms with Gasteiger partial charge in [-0.15, -0.1) is 0 Å². The summed E-state index contributed by atoms with van der Waals surface area (Å²) < 4.78 is 10.9. The van der Waals surface area contributed by atoms with Crippen molar-refractivity contribution < 1.29 is 39.8 Å². The van der Waals surface area contributed by atoms with Gasteiger partial charge >= 0.3 is 0 Å². The number of carbonyl (C=O) groups is 1. The van der Waals surface area contributed by atoms with Crippen molar-refractivity contribution in [1.82, 2.24) is 5.32 Å². The normalized spacial score (nSPS) is 23.7. The molecular weight excluding hydrogens is 562 g/mol. The average Bonchev–Trinajstić information content (AvgIpc) is 3.01. The fraction of sp³-hybridized carbons (Fsp3) is 0.914. The van der Waals surface area contributed by atoms with E-state index in [1.54, 1.807) is 6.08 Å². The number of aliphatic hydroxyl groups is 5. The van der Waals surface area contributed by atoms with Crippen LogP contribution in [0.3, 0.4) is 0 Å². The highest BCUT2D eigenvalue weighted by Gasteiger charge is 2.44. The molecule has 1 amide bonds. The third kappa shape index (κ3) is 19.4. The van der Waals surface area contributed by atoms with Gasteiger partial charge in [0, 0.05) is 6.92 Å². The van der Waals surface area contributed by atoms with Crippen LogP contribution in [0, 0.1) is 0 Å². The highest BCUT2D eigenvalue weighted by Crippen LogP contribution is 2.22. The van der Waals surface area contributed by atoms with Crippen molar-refractivity contribution in [2.45, 2.75) is 192 Å². The quantitative estimate of drug-likeness (QED) is 0.0495. The molecule has 260 valence electrons. The molecule has 7 atom stereocenters. The van der Waals surface area contributed by atoms with Crippen molar-refractivity contribution >= 4 is 5.91 Å². The average molecular weight is 630 g/mol. The maximum Gasteiger partial charge on any atom is 0.217 e. The van der Waals surface area contributed by atoms with E-state index in [-0.39, 0.29) is 12.5 Å². The Morgan fingerprint density at radius 2 is 1.20 bits per heavy atom. The van der Waals surface area contributed by atoms with E-state index in [2.05, 4.69) is 12.2 Å². The first-order chi connectivity index (χ1) is 21.3. The lowest BCUT2D eigenvalue weighted by Gasteiger charge is -2.40. The molecule has 1 rings (SSSR count). The SMILES string of the molecule is CCCCCCCCCCCCCCCCCCCCCC/C=C/C(O)C(COC1OC(CO)C(O)C(O)C1O)NC(C)=O. The lowest BCUT2D eigenvalue weighted by Crippen LogP contribution is -2.60. The molecule has 9 nitrogen and oxygen atoms in total. The topological polar surface area (TPSA) is 149 Å². The zero-order chi connectivity index (χ0) is 32.4. The van der Waals surface area contributed by atoms with E-state index in [4.69, 9.17) is 9.47 Å². The number of rotatable bonds is 28. The van der Waals surface area contributed by atoms with E-state index >= 15 is 0 Å². The molecule has 0 aromatic heterocycles. The van der Waals surface area contributed by atoms with Crippen LogP contribution in [0.5, 0.6) is 0 Å². The molecule has 0 spiro atoms. The fourth-order valence-electron chi connectivity index (χ4n) is 5.78. The van der Waals surface area contributed by atoms with Crippen molar-refractivity contribution in [1.29, 1.82) is 0 Å². The van der Waals surface area contributed by atoms with E-state index in [0.29, 0.717) is 0 Å². The van der Waals surface area contributed by atoms with Crippen molar-refractivity contribution in [3.05, 3.63) is 12.2 Å². The Kier molecular flexibility index (Phi) is 25.2. The van der Waals surface area contributed by atoms with Gasteiger partial charge in [-0.3, -0.25) is 4.79 Å². The van der Waals surface area contributed by atoms with Gasteiger partial charge < -0.3 is 40.3 Å². The Hall–Kier alpha value is -1.07. The lowest BCUT2D eigenvalue weighted by molar-refractivity contribution is -0.302. The monoisotopic (exact) mass is 629 g/mol. The Morgan fingerprint density at radius 1 is 0.750 bits per heavy atom. The molecule has 1 fully saturated rings. The number of allylic oxidation sites excluding steroid dienone is 1. The Bertz CT molecular complexity index is 706. The summed E-state index contributed by atoms with van der Waals surface area (Å²) in [6, 6.07) is -0.800. The summed E-state index contributed by atoms with van der Waals surface area (Å²) in [4.78, 5) is 11.7. The van der Waals surface area contributed by atoms with Gasteiger partial charge in [0.1, 0.15) is 24.4 Å². The zero-order valence-corrected chi connectivity index (χ0v) is 27.9. The van der Waals surface area contributed by atoms with Gasteiger partial charge in [-0.1, -0.05) is 141 Å². The number of carbonyl (C=O) groups excluding carboxylic acids is 1. The minimum atomic E-state index is -1.56. The molecule has 7 unspecified atom stereocenters. The van der Waals surface area contributed by atoms with Gasteiger partial charge in [0.05, 0.1) is 25.4 Å². The zero-order valence-electron chi connectivity index (χ0n) is 27.9. The molecule has 0 bridgehead atoms. The summed E-state index contributed by atoms with van der Waals surface area (Å²) in [5.41, 5.74) is 0. The van der Waals surface area contributed by atoms with Crippen LogP contribution in [0.4, 0.5) is 0 Å². The number of unbranched alkanes of at least 4 members (excludes halogenated alkanes) is 20. The molecule has 6 N–H and O–H groups in total. The van der Waals surface area contributed by atoms with Crippen LogP contribution in [-0.4, -0.2) is 87.5 Å². The maximum absolute atomic E-state index is 11.7. The van der Waals surface area contributed by atoms with E-state index in [1.165, 1.54) is 122 Å². The van der Waals surface area contributed by atoms with Crippen LogP contribution in [0.15, 0.2) is 12.2 Å². The first-order valence-corrected chi connectivity index (χ1v) is 17.9. The van der Waals surface area contributed by atoms with Crippen molar-refractivity contribution in [3.8, 4) is 0 Å². The summed E-state index contributed by atoms with van der Waals surface area (Å²) in [6.07, 6.45) is 23.3. The standard InChI is InChI=1S/C35H67NO8/c1-3-4-5-6-7-8-9-10-11-12-13-14-15-16-17-18-19-20-21-22-23-24-25-30(39)29(36-28(2)38)27-43-35-34(42)33(41)32(40)31(26-37)44-35/h24-25,29-35,37,39-42H,3-23,26-27H2,1-2H3,(H,36,38)/b25-24+.